The lowest BCUT2D eigenvalue weighted by molar-refractivity contribution is -0.135. The zero-order valence-corrected chi connectivity index (χ0v) is 13.5. The predicted molar refractivity (Wildman–Crippen MR) is 84.9 cm³/mol. The summed E-state index contributed by atoms with van der Waals surface area (Å²) in [5.74, 6) is 0.196. The fourth-order valence-electron chi connectivity index (χ4n) is 2.91. The van der Waals surface area contributed by atoms with Gasteiger partial charge in [0.15, 0.2) is 0 Å². The molecule has 0 bridgehead atoms. The quantitative estimate of drug-likeness (QED) is 0.872. The molecule has 2 rings (SSSR count). The van der Waals surface area contributed by atoms with Crippen molar-refractivity contribution in [1.82, 2.24) is 10.2 Å². The second kappa shape index (κ2) is 7.23. The highest BCUT2D eigenvalue weighted by atomic mass is 32.1. The van der Waals surface area contributed by atoms with Gasteiger partial charge >= 0.3 is 0 Å². The van der Waals surface area contributed by atoms with Crippen LogP contribution in [-0.2, 0) is 11.3 Å². The Morgan fingerprint density at radius 2 is 2.35 bits per heavy atom. The first-order valence-corrected chi connectivity index (χ1v) is 8.60. The normalized spacial score (nSPS) is 23.7. The molecule has 3 nitrogen and oxygen atoms in total. The van der Waals surface area contributed by atoms with Crippen LogP contribution in [0.3, 0.4) is 0 Å². The second-order valence-corrected chi connectivity index (χ2v) is 6.87. The third-order valence-electron chi connectivity index (χ3n) is 4.31. The number of piperidine rings is 1. The number of rotatable bonds is 6. The number of amides is 1. The zero-order chi connectivity index (χ0) is 14.4. The van der Waals surface area contributed by atoms with Crippen LogP contribution in [0.25, 0.3) is 0 Å². The molecule has 0 aliphatic carbocycles. The molecule has 1 unspecified atom stereocenters. The number of hydrogen-bond acceptors (Lipinski definition) is 3. The Bertz CT molecular complexity index is 418. The van der Waals surface area contributed by atoms with Gasteiger partial charge in [-0.15, -0.1) is 11.3 Å². The smallest absolute Gasteiger partial charge is 0.240 e. The molecular formula is C16H26N2OS. The van der Waals surface area contributed by atoms with E-state index in [-0.39, 0.29) is 11.4 Å². The van der Waals surface area contributed by atoms with Crippen LogP contribution in [0.1, 0.15) is 50.8 Å². The van der Waals surface area contributed by atoms with Crippen molar-refractivity contribution in [3.05, 3.63) is 22.4 Å². The Labute approximate surface area is 126 Å². The van der Waals surface area contributed by atoms with Crippen LogP contribution in [0.15, 0.2) is 17.5 Å². The molecule has 20 heavy (non-hydrogen) atoms. The largest absolute Gasteiger partial charge is 0.350 e. The van der Waals surface area contributed by atoms with E-state index in [1.807, 2.05) is 6.07 Å². The average Bonchev–Trinajstić information content (AvgIpc) is 2.97. The number of likely N-dealkylation sites (tertiary alicyclic amines) is 1. The van der Waals surface area contributed by atoms with Crippen molar-refractivity contribution in [3.63, 3.8) is 0 Å². The van der Waals surface area contributed by atoms with Gasteiger partial charge in [-0.25, -0.2) is 0 Å². The lowest BCUT2D eigenvalue weighted by Crippen LogP contribution is -2.59. The molecule has 1 amide bonds. The Hall–Kier alpha value is -0.870. The van der Waals surface area contributed by atoms with Crippen LogP contribution in [0.5, 0.6) is 0 Å². The summed E-state index contributed by atoms with van der Waals surface area (Å²) in [6.07, 6.45) is 5.72. The van der Waals surface area contributed by atoms with Crippen LogP contribution in [-0.4, -0.2) is 29.4 Å². The van der Waals surface area contributed by atoms with Crippen LogP contribution >= 0.6 is 11.3 Å². The first kappa shape index (κ1) is 15.5. The van der Waals surface area contributed by atoms with Crippen LogP contribution < -0.4 is 5.32 Å². The van der Waals surface area contributed by atoms with Crippen molar-refractivity contribution in [2.75, 3.05) is 13.1 Å². The second-order valence-electron chi connectivity index (χ2n) is 5.83. The molecule has 2 heterocycles. The topological polar surface area (TPSA) is 32.3 Å². The third-order valence-corrected chi connectivity index (χ3v) is 5.19. The zero-order valence-electron chi connectivity index (χ0n) is 12.7. The summed E-state index contributed by atoms with van der Waals surface area (Å²) in [7, 11) is 0. The Morgan fingerprint density at radius 3 is 3.05 bits per heavy atom. The van der Waals surface area contributed by atoms with E-state index < -0.39 is 0 Å². The average molecular weight is 294 g/mol. The Morgan fingerprint density at radius 1 is 1.50 bits per heavy atom. The molecule has 1 atom stereocenters. The SMILES string of the molecule is CCCCN1CCCCC1(C)C(=O)NCc1cccs1. The molecular weight excluding hydrogens is 268 g/mol. The number of carbonyl (C=O) groups is 1. The highest BCUT2D eigenvalue weighted by Gasteiger charge is 2.40. The minimum absolute atomic E-state index is 0.196. The molecule has 112 valence electrons. The lowest BCUT2D eigenvalue weighted by Gasteiger charge is -2.43. The van der Waals surface area contributed by atoms with Crippen molar-refractivity contribution in [2.24, 2.45) is 0 Å². The molecule has 1 aliphatic rings. The van der Waals surface area contributed by atoms with E-state index in [4.69, 9.17) is 0 Å². The molecule has 1 aliphatic heterocycles. The van der Waals surface area contributed by atoms with E-state index >= 15 is 0 Å². The Balaban J connectivity index is 1.96. The molecule has 4 heteroatoms. The number of unbranched alkanes of at least 4 members (excludes halogenated alkanes) is 1. The molecule has 0 spiro atoms. The van der Waals surface area contributed by atoms with E-state index in [1.165, 1.54) is 24.1 Å². The fraction of sp³-hybridized carbons (Fsp3) is 0.688. The number of nitrogens with one attached hydrogen (secondary N) is 1. The first-order valence-electron chi connectivity index (χ1n) is 7.72. The highest BCUT2D eigenvalue weighted by Crippen LogP contribution is 2.28. The van der Waals surface area contributed by atoms with Gasteiger partial charge in [-0.1, -0.05) is 19.4 Å². The van der Waals surface area contributed by atoms with Gasteiger partial charge in [0.2, 0.25) is 5.91 Å². The monoisotopic (exact) mass is 294 g/mol. The van der Waals surface area contributed by atoms with Crippen molar-refractivity contribution in [2.45, 2.75) is 58.0 Å². The molecule has 1 aromatic rings. The number of nitrogens with zero attached hydrogens (tertiary/aromatic N) is 1. The van der Waals surface area contributed by atoms with E-state index in [9.17, 15) is 4.79 Å². The van der Waals surface area contributed by atoms with E-state index in [1.54, 1.807) is 11.3 Å². The van der Waals surface area contributed by atoms with Crippen LogP contribution in [0.4, 0.5) is 0 Å². The predicted octanol–water partition coefficient (Wildman–Crippen LogP) is 3.41. The molecule has 0 saturated carbocycles. The van der Waals surface area contributed by atoms with Gasteiger partial charge in [0.1, 0.15) is 0 Å². The maximum absolute atomic E-state index is 12.6. The number of thiophene rings is 1. The van der Waals surface area contributed by atoms with Gasteiger partial charge in [-0.3, -0.25) is 9.69 Å². The van der Waals surface area contributed by atoms with Crippen molar-refractivity contribution in [1.29, 1.82) is 0 Å². The third kappa shape index (κ3) is 3.61. The van der Waals surface area contributed by atoms with Crippen molar-refractivity contribution >= 4 is 17.2 Å². The minimum atomic E-state index is -0.315. The minimum Gasteiger partial charge on any atom is -0.350 e. The van der Waals surface area contributed by atoms with Crippen LogP contribution in [0, 0.1) is 0 Å². The molecule has 1 fully saturated rings. The molecule has 1 N–H and O–H groups in total. The van der Waals surface area contributed by atoms with Gasteiger partial charge in [-0.2, -0.15) is 0 Å². The summed E-state index contributed by atoms with van der Waals surface area (Å²) in [4.78, 5) is 16.3. The van der Waals surface area contributed by atoms with Gasteiger partial charge in [0.25, 0.3) is 0 Å². The molecule has 1 saturated heterocycles. The lowest BCUT2D eigenvalue weighted by atomic mass is 9.87. The summed E-state index contributed by atoms with van der Waals surface area (Å²) in [5, 5.41) is 5.18. The first-order chi connectivity index (χ1) is 9.66. The van der Waals surface area contributed by atoms with E-state index in [2.05, 4.69) is 35.5 Å². The summed E-state index contributed by atoms with van der Waals surface area (Å²) in [6.45, 7) is 7.08. The molecule has 0 aromatic carbocycles. The van der Waals surface area contributed by atoms with Crippen molar-refractivity contribution < 1.29 is 4.79 Å². The standard InChI is InChI=1S/C16H26N2OS/c1-3-4-10-18-11-6-5-9-16(18,2)15(19)17-13-14-8-7-12-20-14/h7-8,12H,3-6,9-11,13H2,1-2H3,(H,17,19). The summed E-state index contributed by atoms with van der Waals surface area (Å²) in [6, 6.07) is 4.10. The fourth-order valence-corrected chi connectivity index (χ4v) is 3.56. The van der Waals surface area contributed by atoms with Crippen LogP contribution in [0.2, 0.25) is 0 Å². The van der Waals surface area contributed by atoms with Crippen molar-refractivity contribution in [3.8, 4) is 0 Å². The summed E-state index contributed by atoms with van der Waals surface area (Å²) in [5.41, 5.74) is -0.315. The summed E-state index contributed by atoms with van der Waals surface area (Å²) >= 11 is 1.70. The van der Waals surface area contributed by atoms with E-state index in [0.717, 1.165) is 25.9 Å². The number of hydrogen-bond donors (Lipinski definition) is 1. The molecule has 0 radical (unpaired) electrons. The Kier molecular flexibility index (Phi) is 5.61. The molecule has 1 aromatic heterocycles. The van der Waals surface area contributed by atoms with Gasteiger partial charge < -0.3 is 5.32 Å². The summed E-state index contributed by atoms with van der Waals surface area (Å²) < 4.78 is 0. The highest BCUT2D eigenvalue weighted by molar-refractivity contribution is 7.09. The van der Waals surface area contributed by atoms with Gasteiger partial charge in [-0.05, 0) is 57.1 Å². The number of carbonyl (C=O) groups excluding carboxylic acids is 1. The van der Waals surface area contributed by atoms with Gasteiger partial charge in [0.05, 0.1) is 12.1 Å². The maximum atomic E-state index is 12.6. The van der Waals surface area contributed by atoms with Gasteiger partial charge in [0, 0.05) is 4.88 Å². The maximum Gasteiger partial charge on any atom is 0.240 e. The van der Waals surface area contributed by atoms with E-state index in [0.29, 0.717) is 6.54 Å².